The van der Waals surface area contributed by atoms with Crippen LogP contribution in [0.2, 0.25) is 0 Å². The van der Waals surface area contributed by atoms with Crippen molar-refractivity contribution in [1.82, 2.24) is 4.90 Å². The molecule has 29 heavy (non-hydrogen) atoms. The van der Waals surface area contributed by atoms with Gasteiger partial charge in [0.05, 0.1) is 24.3 Å². The van der Waals surface area contributed by atoms with E-state index < -0.39 is 17.6 Å². The minimum Gasteiger partial charge on any atom is -0.494 e. The summed E-state index contributed by atoms with van der Waals surface area (Å²) in [4.78, 5) is 2.18. The van der Waals surface area contributed by atoms with Gasteiger partial charge in [-0.1, -0.05) is 6.07 Å². The number of ether oxygens (including phenoxy) is 1. The summed E-state index contributed by atoms with van der Waals surface area (Å²) in [6.07, 6.45) is -3.07. The van der Waals surface area contributed by atoms with Crippen molar-refractivity contribution in [3.8, 4) is 11.8 Å². The molecule has 0 bridgehead atoms. The van der Waals surface area contributed by atoms with E-state index in [1.54, 1.807) is 12.1 Å². The Morgan fingerprint density at radius 1 is 1.17 bits per heavy atom. The average Bonchev–Trinajstić information content (AvgIpc) is 2.69. The van der Waals surface area contributed by atoms with Crippen LogP contribution in [0.4, 0.5) is 23.2 Å². The number of hydrogen-bond donors (Lipinski definition) is 1. The number of nitrogens with one attached hydrogen (secondary N) is 1. The highest BCUT2D eigenvalue weighted by molar-refractivity contribution is 5.53. The molecule has 0 radical (unpaired) electrons. The van der Waals surface area contributed by atoms with Crippen molar-refractivity contribution in [2.75, 3.05) is 25.5 Å². The molecule has 0 amide bonds. The lowest BCUT2D eigenvalue weighted by Gasteiger charge is -2.33. The summed E-state index contributed by atoms with van der Waals surface area (Å²) in [7, 11) is 1.42. The van der Waals surface area contributed by atoms with E-state index in [1.165, 1.54) is 25.3 Å². The smallest absolute Gasteiger partial charge is 0.417 e. The zero-order valence-electron chi connectivity index (χ0n) is 15.9. The number of nitrogens with zero attached hydrogens (tertiary/aromatic N) is 2. The van der Waals surface area contributed by atoms with Gasteiger partial charge in [0.2, 0.25) is 0 Å². The molecule has 154 valence electrons. The fourth-order valence-corrected chi connectivity index (χ4v) is 3.50. The molecule has 1 aliphatic rings. The van der Waals surface area contributed by atoms with Crippen LogP contribution in [0.1, 0.15) is 29.5 Å². The monoisotopic (exact) mass is 407 g/mol. The van der Waals surface area contributed by atoms with Gasteiger partial charge in [0.15, 0.2) is 11.6 Å². The van der Waals surface area contributed by atoms with Crippen molar-refractivity contribution < 1.29 is 22.3 Å². The molecule has 1 N–H and O–H groups in total. The predicted molar refractivity (Wildman–Crippen MR) is 101 cm³/mol. The van der Waals surface area contributed by atoms with Crippen molar-refractivity contribution in [3.05, 3.63) is 58.9 Å². The Hall–Kier alpha value is -2.79. The highest BCUT2D eigenvalue weighted by atomic mass is 19.4. The number of hydrogen-bond acceptors (Lipinski definition) is 4. The molecule has 4 nitrogen and oxygen atoms in total. The van der Waals surface area contributed by atoms with E-state index in [0.717, 1.165) is 37.6 Å². The topological polar surface area (TPSA) is 48.3 Å². The molecule has 1 saturated heterocycles. The molecule has 1 aliphatic heterocycles. The van der Waals surface area contributed by atoms with Crippen molar-refractivity contribution in [3.63, 3.8) is 0 Å². The molecular weight excluding hydrogens is 386 g/mol. The van der Waals surface area contributed by atoms with Crippen LogP contribution in [0.3, 0.4) is 0 Å². The first-order valence-corrected chi connectivity index (χ1v) is 9.23. The summed E-state index contributed by atoms with van der Waals surface area (Å²) < 4.78 is 58.1. The van der Waals surface area contributed by atoms with E-state index in [-0.39, 0.29) is 17.4 Å². The van der Waals surface area contributed by atoms with Gasteiger partial charge in [-0.25, -0.2) is 4.39 Å². The lowest BCUT2D eigenvalue weighted by atomic mass is 10.0. The van der Waals surface area contributed by atoms with Crippen molar-refractivity contribution in [2.45, 2.75) is 31.6 Å². The highest BCUT2D eigenvalue weighted by Gasteiger charge is 2.34. The third kappa shape index (κ3) is 5.18. The molecule has 0 spiro atoms. The average molecular weight is 407 g/mol. The zero-order chi connectivity index (χ0) is 21.0. The molecule has 2 aromatic rings. The molecule has 1 fully saturated rings. The minimum atomic E-state index is -4.57. The first-order chi connectivity index (χ1) is 13.8. The van der Waals surface area contributed by atoms with Crippen molar-refractivity contribution >= 4 is 5.69 Å². The Labute approximate surface area is 166 Å². The minimum absolute atomic E-state index is 0.0351. The van der Waals surface area contributed by atoms with Crippen LogP contribution in [0.15, 0.2) is 36.4 Å². The van der Waals surface area contributed by atoms with Gasteiger partial charge in [-0.2, -0.15) is 18.4 Å². The lowest BCUT2D eigenvalue weighted by Crippen LogP contribution is -2.38. The first-order valence-electron chi connectivity index (χ1n) is 9.23. The Kier molecular flexibility index (Phi) is 6.28. The van der Waals surface area contributed by atoms with Crippen LogP contribution in [0, 0.1) is 17.1 Å². The molecule has 2 aromatic carbocycles. The van der Waals surface area contributed by atoms with Crippen LogP contribution in [0.5, 0.6) is 5.75 Å². The summed E-state index contributed by atoms with van der Waals surface area (Å²) in [6.45, 7) is 2.09. The maximum absolute atomic E-state index is 13.8. The largest absolute Gasteiger partial charge is 0.494 e. The van der Waals surface area contributed by atoms with E-state index >= 15 is 0 Å². The number of halogens is 4. The van der Waals surface area contributed by atoms with Gasteiger partial charge < -0.3 is 10.1 Å². The number of anilines is 1. The van der Waals surface area contributed by atoms with E-state index in [2.05, 4.69) is 10.2 Å². The fraction of sp³-hybridized carbons (Fsp3) is 0.381. The Morgan fingerprint density at radius 3 is 2.48 bits per heavy atom. The van der Waals surface area contributed by atoms with E-state index in [0.29, 0.717) is 12.2 Å². The van der Waals surface area contributed by atoms with Crippen molar-refractivity contribution in [2.24, 2.45) is 0 Å². The normalized spacial score (nSPS) is 15.7. The Bertz CT molecular complexity index is 900. The Morgan fingerprint density at radius 2 is 1.90 bits per heavy atom. The van der Waals surface area contributed by atoms with Crippen LogP contribution >= 0.6 is 0 Å². The van der Waals surface area contributed by atoms with E-state index in [9.17, 15) is 17.6 Å². The molecule has 0 aliphatic carbocycles. The summed E-state index contributed by atoms with van der Waals surface area (Å²) in [5.74, 6) is -0.194. The number of likely N-dealkylation sites (tertiary alicyclic amines) is 1. The quantitative estimate of drug-likeness (QED) is 0.724. The lowest BCUT2D eigenvalue weighted by molar-refractivity contribution is -0.137. The predicted octanol–water partition coefficient (Wildman–Crippen LogP) is 4.80. The summed E-state index contributed by atoms with van der Waals surface area (Å²) in [6, 6.07) is 10.2. The SMILES string of the molecule is COc1ccc(CN2CCC(Nc3ccc(C#N)c(C(F)(F)F)c3)CC2)cc1F. The van der Waals surface area contributed by atoms with Gasteiger partial charge in [-0.3, -0.25) is 4.90 Å². The molecule has 3 rings (SSSR count). The Balaban J connectivity index is 1.58. The summed E-state index contributed by atoms with van der Waals surface area (Å²) in [5.41, 5.74) is -0.114. The van der Waals surface area contributed by atoms with Gasteiger partial charge in [-0.05, 0) is 48.7 Å². The molecule has 0 unspecified atom stereocenters. The van der Waals surface area contributed by atoms with Crippen LogP contribution in [-0.4, -0.2) is 31.1 Å². The first kappa shape index (κ1) is 20.9. The van der Waals surface area contributed by atoms with Crippen LogP contribution in [-0.2, 0) is 12.7 Å². The molecule has 0 atom stereocenters. The zero-order valence-corrected chi connectivity index (χ0v) is 15.9. The number of benzene rings is 2. The fourth-order valence-electron chi connectivity index (χ4n) is 3.50. The summed E-state index contributed by atoms with van der Waals surface area (Å²) in [5, 5.41) is 12.0. The second-order valence-electron chi connectivity index (χ2n) is 7.03. The highest BCUT2D eigenvalue weighted by Crippen LogP contribution is 2.34. The van der Waals surface area contributed by atoms with Crippen LogP contribution in [0.25, 0.3) is 0 Å². The number of alkyl halides is 3. The third-order valence-corrected chi connectivity index (χ3v) is 5.03. The van der Waals surface area contributed by atoms with Gasteiger partial charge >= 0.3 is 6.18 Å². The number of methoxy groups -OCH3 is 1. The van der Waals surface area contributed by atoms with Gasteiger partial charge in [0.1, 0.15) is 0 Å². The molecular formula is C21H21F4N3O. The molecule has 8 heteroatoms. The second kappa shape index (κ2) is 8.70. The maximum atomic E-state index is 13.8. The summed E-state index contributed by atoms with van der Waals surface area (Å²) >= 11 is 0. The molecule has 0 aromatic heterocycles. The third-order valence-electron chi connectivity index (χ3n) is 5.03. The molecule has 1 heterocycles. The number of piperidine rings is 1. The van der Waals surface area contributed by atoms with Gasteiger partial charge in [0.25, 0.3) is 0 Å². The van der Waals surface area contributed by atoms with Gasteiger partial charge in [-0.15, -0.1) is 0 Å². The number of nitriles is 1. The standard InChI is InChI=1S/C21H21F4N3O/c1-29-20-5-2-14(10-19(20)22)13-28-8-6-16(7-9-28)27-17-4-3-15(12-26)18(11-17)21(23,24)25/h2-5,10-11,16,27H,6-9,13H2,1H3. The van der Waals surface area contributed by atoms with Crippen LogP contribution < -0.4 is 10.1 Å². The van der Waals surface area contributed by atoms with E-state index in [1.807, 2.05) is 6.07 Å². The van der Waals surface area contributed by atoms with Gasteiger partial charge in [0, 0.05) is 31.4 Å². The maximum Gasteiger partial charge on any atom is 0.417 e. The molecule has 0 saturated carbocycles. The van der Waals surface area contributed by atoms with Crippen molar-refractivity contribution in [1.29, 1.82) is 5.26 Å². The second-order valence-corrected chi connectivity index (χ2v) is 7.03. The number of rotatable bonds is 5. The van der Waals surface area contributed by atoms with E-state index in [4.69, 9.17) is 10.00 Å².